The minimum atomic E-state index is -4.49. The third-order valence-corrected chi connectivity index (χ3v) is 2.58. The molecular formula is C13H11F3N2. The normalized spacial score (nSPS) is 11.5. The maximum Gasteiger partial charge on any atom is 0.418 e. The van der Waals surface area contributed by atoms with Gasteiger partial charge in [0.25, 0.3) is 0 Å². The smallest absolute Gasteiger partial charge is 0.399 e. The summed E-state index contributed by atoms with van der Waals surface area (Å²) in [6.45, 7) is 0. The molecule has 0 bridgehead atoms. The van der Waals surface area contributed by atoms with Gasteiger partial charge in [-0.2, -0.15) is 13.2 Å². The van der Waals surface area contributed by atoms with Crippen molar-refractivity contribution in [2.24, 2.45) is 0 Å². The molecule has 0 fully saturated rings. The topological polar surface area (TPSA) is 52.0 Å². The number of anilines is 2. The molecule has 0 heterocycles. The average molecular weight is 252 g/mol. The van der Waals surface area contributed by atoms with Gasteiger partial charge in [-0.05, 0) is 29.3 Å². The molecule has 94 valence electrons. The van der Waals surface area contributed by atoms with Crippen LogP contribution >= 0.6 is 0 Å². The maximum absolute atomic E-state index is 13.0. The molecular weight excluding hydrogens is 241 g/mol. The molecule has 0 aliphatic rings. The molecule has 4 N–H and O–H groups in total. The molecule has 2 rings (SSSR count). The Balaban J connectivity index is 2.69. The van der Waals surface area contributed by atoms with E-state index in [-0.39, 0.29) is 11.3 Å². The van der Waals surface area contributed by atoms with Gasteiger partial charge >= 0.3 is 6.18 Å². The Morgan fingerprint density at radius 1 is 0.889 bits per heavy atom. The first-order chi connectivity index (χ1) is 8.39. The number of alkyl halides is 3. The fourth-order valence-electron chi connectivity index (χ4n) is 1.83. The highest BCUT2D eigenvalue weighted by Crippen LogP contribution is 2.40. The first kappa shape index (κ1) is 12.3. The summed E-state index contributed by atoms with van der Waals surface area (Å²) in [4.78, 5) is 0. The van der Waals surface area contributed by atoms with Crippen LogP contribution < -0.4 is 11.5 Å². The lowest BCUT2D eigenvalue weighted by molar-refractivity contribution is -0.136. The Kier molecular flexibility index (Phi) is 2.90. The van der Waals surface area contributed by atoms with Crippen LogP contribution in [0.5, 0.6) is 0 Å². The molecule has 0 radical (unpaired) electrons. The summed E-state index contributed by atoms with van der Waals surface area (Å²) in [6, 6.07) is 10.4. The van der Waals surface area contributed by atoms with Crippen LogP contribution in [0.2, 0.25) is 0 Å². The fraction of sp³-hybridized carbons (Fsp3) is 0.0769. The van der Waals surface area contributed by atoms with Gasteiger partial charge in [0.15, 0.2) is 0 Å². The molecule has 0 amide bonds. The molecule has 0 atom stereocenters. The van der Waals surface area contributed by atoms with Gasteiger partial charge in [0.2, 0.25) is 0 Å². The van der Waals surface area contributed by atoms with E-state index in [1.807, 2.05) is 0 Å². The number of rotatable bonds is 1. The second-order valence-electron chi connectivity index (χ2n) is 3.89. The molecule has 18 heavy (non-hydrogen) atoms. The van der Waals surface area contributed by atoms with Crippen LogP contribution in [0, 0.1) is 0 Å². The van der Waals surface area contributed by atoms with E-state index < -0.39 is 11.7 Å². The Bertz CT molecular complexity index is 577. The van der Waals surface area contributed by atoms with Gasteiger partial charge in [-0.15, -0.1) is 0 Å². The highest BCUT2D eigenvalue weighted by Gasteiger charge is 2.35. The van der Waals surface area contributed by atoms with Gasteiger partial charge < -0.3 is 11.5 Å². The van der Waals surface area contributed by atoms with Crippen molar-refractivity contribution in [3.63, 3.8) is 0 Å². The first-order valence-electron chi connectivity index (χ1n) is 5.21. The highest BCUT2D eigenvalue weighted by atomic mass is 19.4. The van der Waals surface area contributed by atoms with Crippen molar-refractivity contribution in [1.29, 1.82) is 0 Å². The minimum Gasteiger partial charge on any atom is -0.399 e. The number of benzene rings is 2. The lowest BCUT2D eigenvalue weighted by atomic mass is 9.97. The van der Waals surface area contributed by atoms with Crippen molar-refractivity contribution in [1.82, 2.24) is 0 Å². The molecule has 2 nitrogen and oxygen atoms in total. The lowest BCUT2D eigenvalue weighted by Gasteiger charge is -2.15. The molecule has 2 aromatic carbocycles. The quantitative estimate of drug-likeness (QED) is 0.763. The Hall–Kier alpha value is -2.17. The zero-order chi connectivity index (χ0) is 13.3. The molecule has 0 spiro atoms. The summed E-state index contributed by atoms with van der Waals surface area (Å²) >= 11 is 0. The number of hydrogen-bond acceptors (Lipinski definition) is 2. The molecule has 0 aliphatic carbocycles. The molecule has 0 saturated heterocycles. The van der Waals surface area contributed by atoms with E-state index in [0.717, 1.165) is 0 Å². The van der Waals surface area contributed by atoms with E-state index in [1.54, 1.807) is 18.2 Å². The van der Waals surface area contributed by atoms with Crippen molar-refractivity contribution >= 4 is 11.4 Å². The number of halogens is 3. The molecule has 0 saturated carbocycles. The zero-order valence-corrected chi connectivity index (χ0v) is 9.33. The molecule has 0 unspecified atom stereocenters. The van der Waals surface area contributed by atoms with Crippen molar-refractivity contribution in [3.05, 3.63) is 48.0 Å². The van der Waals surface area contributed by atoms with Crippen LogP contribution in [-0.2, 0) is 6.18 Å². The van der Waals surface area contributed by atoms with Gasteiger partial charge in [0.05, 0.1) is 5.56 Å². The molecule has 2 aromatic rings. The van der Waals surface area contributed by atoms with Crippen molar-refractivity contribution in [3.8, 4) is 11.1 Å². The van der Waals surface area contributed by atoms with Crippen molar-refractivity contribution < 1.29 is 13.2 Å². The molecule has 5 heteroatoms. The lowest BCUT2D eigenvalue weighted by Crippen LogP contribution is -2.10. The summed E-state index contributed by atoms with van der Waals surface area (Å²) in [5, 5.41) is 0. The van der Waals surface area contributed by atoms with Crippen LogP contribution in [0.1, 0.15) is 5.56 Å². The average Bonchev–Trinajstić information content (AvgIpc) is 2.27. The van der Waals surface area contributed by atoms with Crippen LogP contribution in [0.3, 0.4) is 0 Å². The Morgan fingerprint density at radius 2 is 1.56 bits per heavy atom. The van der Waals surface area contributed by atoms with E-state index in [2.05, 4.69) is 0 Å². The SMILES string of the molecule is Nc1cccc(-c2cccc(N)c2C(F)(F)F)c1. The Morgan fingerprint density at radius 3 is 2.17 bits per heavy atom. The van der Waals surface area contributed by atoms with E-state index in [1.165, 1.54) is 24.3 Å². The number of nitrogens with two attached hydrogens (primary N) is 2. The standard InChI is InChI=1S/C13H11F3N2/c14-13(15,16)12-10(5-2-6-11(12)18)8-3-1-4-9(17)7-8/h1-7H,17-18H2. The predicted molar refractivity (Wildman–Crippen MR) is 65.7 cm³/mol. The van der Waals surface area contributed by atoms with Crippen LogP contribution in [-0.4, -0.2) is 0 Å². The second-order valence-corrected chi connectivity index (χ2v) is 3.89. The Labute approximate surface area is 102 Å². The number of nitrogen functional groups attached to an aromatic ring is 2. The van der Waals surface area contributed by atoms with Crippen molar-refractivity contribution in [2.75, 3.05) is 11.5 Å². The third kappa shape index (κ3) is 2.25. The van der Waals surface area contributed by atoms with Crippen LogP contribution in [0.4, 0.5) is 24.5 Å². The summed E-state index contributed by atoms with van der Waals surface area (Å²) in [5.41, 5.74) is 10.7. The predicted octanol–water partition coefficient (Wildman–Crippen LogP) is 3.54. The fourth-order valence-corrected chi connectivity index (χ4v) is 1.83. The van der Waals surface area contributed by atoms with Gasteiger partial charge in [-0.25, -0.2) is 0 Å². The zero-order valence-electron chi connectivity index (χ0n) is 9.33. The second kappa shape index (κ2) is 4.25. The molecule has 0 aliphatic heterocycles. The van der Waals surface area contributed by atoms with Gasteiger partial charge in [0, 0.05) is 11.4 Å². The largest absolute Gasteiger partial charge is 0.418 e. The van der Waals surface area contributed by atoms with Crippen LogP contribution in [0.25, 0.3) is 11.1 Å². The highest BCUT2D eigenvalue weighted by molar-refractivity contribution is 5.75. The van der Waals surface area contributed by atoms with E-state index in [4.69, 9.17) is 11.5 Å². The summed E-state index contributed by atoms with van der Waals surface area (Å²) in [7, 11) is 0. The van der Waals surface area contributed by atoms with Gasteiger partial charge in [0.1, 0.15) is 0 Å². The van der Waals surface area contributed by atoms with Crippen LogP contribution in [0.15, 0.2) is 42.5 Å². The monoisotopic (exact) mass is 252 g/mol. The van der Waals surface area contributed by atoms with E-state index >= 15 is 0 Å². The maximum atomic E-state index is 13.0. The summed E-state index contributed by atoms with van der Waals surface area (Å²) in [6.07, 6.45) is -4.49. The summed E-state index contributed by atoms with van der Waals surface area (Å²) < 4.78 is 39.0. The molecule has 0 aromatic heterocycles. The first-order valence-corrected chi connectivity index (χ1v) is 5.21. The third-order valence-electron chi connectivity index (χ3n) is 2.58. The van der Waals surface area contributed by atoms with Crippen molar-refractivity contribution in [2.45, 2.75) is 6.18 Å². The summed E-state index contributed by atoms with van der Waals surface area (Å²) in [5.74, 6) is 0. The van der Waals surface area contributed by atoms with Gasteiger partial charge in [-0.1, -0.05) is 24.3 Å². The number of hydrogen-bond donors (Lipinski definition) is 2. The van der Waals surface area contributed by atoms with E-state index in [0.29, 0.717) is 11.3 Å². The van der Waals surface area contributed by atoms with Gasteiger partial charge in [-0.3, -0.25) is 0 Å². The minimum absolute atomic E-state index is 0.0369. The van der Waals surface area contributed by atoms with E-state index in [9.17, 15) is 13.2 Å².